The number of ether oxygens (including phenoxy) is 3. The van der Waals surface area contributed by atoms with Gasteiger partial charge in [-0.2, -0.15) is 0 Å². The topological polar surface area (TPSA) is 68.3 Å². The zero-order valence-electron chi connectivity index (χ0n) is 25.9. The van der Waals surface area contributed by atoms with Crippen LogP contribution in [0.4, 0.5) is 0 Å². The van der Waals surface area contributed by atoms with Crippen molar-refractivity contribution < 1.29 is 23.8 Å². The van der Waals surface area contributed by atoms with Gasteiger partial charge in [0.15, 0.2) is 11.5 Å². The van der Waals surface area contributed by atoms with Gasteiger partial charge in [0.1, 0.15) is 11.9 Å². The number of carbonyl (C=O) groups is 2. The van der Waals surface area contributed by atoms with E-state index in [1.165, 1.54) is 12.5 Å². The number of amides is 1. The summed E-state index contributed by atoms with van der Waals surface area (Å²) in [6, 6.07) is 17.9. The zero-order chi connectivity index (χ0) is 31.5. The smallest absolute Gasteiger partial charge is 0.308 e. The lowest BCUT2D eigenvalue weighted by Crippen LogP contribution is -2.69. The third-order valence-corrected chi connectivity index (χ3v) is 11.4. The number of methoxy groups -OCH3 is 1. The van der Waals surface area contributed by atoms with E-state index in [9.17, 15) is 9.59 Å². The number of rotatable bonds is 8. The fourth-order valence-electron chi connectivity index (χ4n) is 8.76. The summed E-state index contributed by atoms with van der Waals surface area (Å²) < 4.78 is 18.7. The van der Waals surface area contributed by atoms with Gasteiger partial charge in [-0.15, -0.1) is 0 Å². The van der Waals surface area contributed by atoms with E-state index in [0.717, 1.165) is 67.6 Å². The Morgan fingerprint density at radius 1 is 1.04 bits per heavy atom. The predicted molar refractivity (Wildman–Crippen MR) is 174 cm³/mol. The molecule has 1 saturated heterocycles. The van der Waals surface area contributed by atoms with Crippen LogP contribution in [-0.2, 0) is 34.3 Å². The number of likely N-dealkylation sites (N-methyl/N-ethyl adjacent to an activating group) is 1. The molecular formula is C36H38Cl2N2O5. The minimum atomic E-state index is -0.358. The first-order valence-electron chi connectivity index (χ1n) is 15.8. The van der Waals surface area contributed by atoms with Crippen molar-refractivity contribution >= 4 is 35.1 Å². The number of benzene rings is 3. The molecule has 7 rings (SSSR count). The van der Waals surface area contributed by atoms with Crippen LogP contribution in [0.1, 0.15) is 48.4 Å². The molecule has 1 spiro atoms. The first kappa shape index (κ1) is 30.4. The van der Waals surface area contributed by atoms with Crippen LogP contribution >= 0.6 is 23.2 Å². The lowest BCUT2D eigenvalue weighted by Gasteiger charge is -2.60. The summed E-state index contributed by atoms with van der Waals surface area (Å²) in [5.41, 5.74) is 4.00. The molecule has 1 saturated carbocycles. The molecule has 0 N–H and O–H groups in total. The Hall–Kier alpha value is -3.26. The van der Waals surface area contributed by atoms with Crippen molar-refractivity contribution in [1.29, 1.82) is 0 Å². The average molecular weight is 650 g/mol. The second-order valence-electron chi connectivity index (χ2n) is 12.9. The maximum atomic E-state index is 13.8. The number of esters is 1. The largest absolute Gasteiger partial charge is 0.493 e. The van der Waals surface area contributed by atoms with Gasteiger partial charge in [-0.3, -0.25) is 14.5 Å². The Bertz CT molecular complexity index is 1650. The number of hydrogen-bond acceptors (Lipinski definition) is 6. The minimum Gasteiger partial charge on any atom is -0.493 e. The van der Waals surface area contributed by atoms with Gasteiger partial charge in [0.05, 0.1) is 29.6 Å². The van der Waals surface area contributed by atoms with E-state index in [1.807, 2.05) is 24.1 Å². The highest BCUT2D eigenvalue weighted by atomic mass is 35.5. The lowest BCUT2D eigenvalue weighted by molar-refractivity contribution is -0.139. The van der Waals surface area contributed by atoms with Gasteiger partial charge < -0.3 is 19.1 Å². The van der Waals surface area contributed by atoms with E-state index >= 15 is 0 Å². The molecule has 2 aliphatic carbocycles. The highest BCUT2D eigenvalue weighted by Crippen LogP contribution is 2.65. The van der Waals surface area contributed by atoms with Crippen LogP contribution in [0, 0.1) is 5.92 Å². The van der Waals surface area contributed by atoms with Gasteiger partial charge in [0, 0.05) is 49.2 Å². The molecule has 45 heavy (non-hydrogen) atoms. The second kappa shape index (κ2) is 11.8. The van der Waals surface area contributed by atoms with E-state index in [2.05, 4.69) is 35.2 Å². The van der Waals surface area contributed by atoms with Crippen LogP contribution in [0.15, 0.2) is 54.6 Å². The van der Waals surface area contributed by atoms with Gasteiger partial charge >= 0.3 is 5.97 Å². The maximum Gasteiger partial charge on any atom is 0.308 e. The quantitative estimate of drug-likeness (QED) is 0.212. The van der Waals surface area contributed by atoms with Crippen molar-refractivity contribution in [2.45, 2.75) is 69.1 Å². The molecule has 0 unspecified atom stereocenters. The molecule has 1 amide bonds. The molecule has 2 bridgehead atoms. The standard InChI is InChI=1S/C36H38Cl2N2O5/c1-21(41)44-30-20-31(43-3)34-33-24(30)19-29-25-10-12-28(39(2)32(42)18-23-9-11-26(37)27(38)17-23)35(45-34)36(25,33)14-16-40(29)15-13-22-7-5-4-6-8-22/h4-9,11,17,20,25,28-29,35H,10,12-16,18-19H2,1-3H3/t25-,28+,29+,35-,36-/m0/s1. The fourth-order valence-corrected chi connectivity index (χ4v) is 9.08. The van der Waals surface area contributed by atoms with Crippen LogP contribution in [0.2, 0.25) is 10.0 Å². The summed E-state index contributed by atoms with van der Waals surface area (Å²) >= 11 is 12.4. The van der Waals surface area contributed by atoms with Gasteiger partial charge in [-0.1, -0.05) is 59.6 Å². The van der Waals surface area contributed by atoms with Crippen LogP contribution in [-0.4, -0.2) is 67.1 Å². The molecule has 2 aliphatic heterocycles. The molecule has 9 heteroatoms. The molecule has 5 atom stereocenters. The van der Waals surface area contributed by atoms with Crippen LogP contribution in [0.5, 0.6) is 17.2 Å². The first-order valence-corrected chi connectivity index (χ1v) is 16.5. The molecule has 236 valence electrons. The molecule has 0 aromatic heterocycles. The Morgan fingerprint density at radius 2 is 1.84 bits per heavy atom. The van der Waals surface area contributed by atoms with E-state index in [0.29, 0.717) is 27.5 Å². The average Bonchev–Trinajstić information content (AvgIpc) is 3.37. The van der Waals surface area contributed by atoms with Gasteiger partial charge in [-0.05, 0) is 67.8 Å². The molecule has 7 nitrogen and oxygen atoms in total. The number of nitrogens with zero attached hydrogens (tertiary/aromatic N) is 2. The number of halogens is 2. The monoisotopic (exact) mass is 648 g/mol. The second-order valence-corrected chi connectivity index (χ2v) is 13.7. The Morgan fingerprint density at radius 3 is 2.58 bits per heavy atom. The fraction of sp³-hybridized carbons (Fsp3) is 0.444. The summed E-state index contributed by atoms with van der Waals surface area (Å²) in [6.07, 6.45) is 4.44. The van der Waals surface area contributed by atoms with Crippen molar-refractivity contribution in [3.05, 3.63) is 86.9 Å². The molecule has 0 radical (unpaired) electrons. The molecular weight excluding hydrogens is 611 g/mol. The SMILES string of the molecule is COc1cc(OC(C)=O)c2c3c1O[C@H]1[C@H](N(C)C(=O)Cc4ccc(Cl)c(Cl)c4)CC[C@H]4[C@@H](C2)N(CCc2ccccc2)CC[C@@]341. The van der Waals surface area contributed by atoms with E-state index in [4.69, 9.17) is 37.4 Å². The molecule has 3 aromatic carbocycles. The van der Waals surface area contributed by atoms with Crippen molar-refractivity contribution in [3.8, 4) is 17.2 Å². The first-order chi connectivity index (χ1) is 21.7. The van der Waals surface area contributed by atoms with E-state index in [-0.39, 0.29) is 41.9 Å². The van der Waals surface area contributed by atoms with E-state index in [1.54, 1.807) is 19.2 Å². The summed E-state index contributed by atoms with van der Waals surface area (Å²) in [4.78, 5) is 30.6. The van der Waals surface area contributed by atoms with Gasteiger partial charge in [0.2, 0.25) is 5.91 Å². The Labute approximate surface area is 274 Å². The van der Waals surface area contributed by atoms with Crippen LogP contribution in [0.3, 0.4) is 0 Å². The van der Waals surface area contributed by atoms with Crippen molar-refractivity contribution in [1.82, 2.24) is 9.80 Å². The zero-order valence-corrected chi connectivity index (χ0v) is 27.4. The molecule has 2 heterocycles. The summed E-state index contributed by atoms with van der Waals surface area (Å²) in [5, 5.41) is 0.907. The lowest BCUT2D eigenvalue weighted by atomic mass is 9.50. The van der Waals surface area contributed by atoms with Crippen molar-refractivity contribution in [2.24, 2.45) is 5.92 Å². The molecule has 4 aliphatic rings. The van der Waals surface area contributed by atoms with Crippen molar-refractivity contribution in [2.75, 3.05) is 27.2 Å². The van der Waals surface area contributed by atoms with E-state index < -0.39 is 0 Å². The summed E-state index contributed by atoms with van der Waals surface area (Å²) in [7, 11) is 3.52. The van der Waals surface area contributed by atoms with Gasteiger partial charge in [0.25, 0.3) is 0 Å². The Kier molecular flexibility index (Phi) is 7.99. The van der Waals surface area contributed by atoms with Gasteiger partial charge in [-0.25, -0.2) is 0 Å². The molecule has 3 aromatic rings. The number of likely N-dealkylation sites (tertiary alicyclic amines) is 1. The minimum absolute atomic E-state index is 0.00763. The van der Waals surface area contributed by atoms with Crippen LogP contribution < -0.4 is 14.2 Å². The Balaban J connectivity index is 1.25. The number of piperidine rings is 1. The van der Waals surface area contributed by atoms with Crippen LogP contribution in [0.25, 0.3) is 0 Å². The molecule has 2 fully saturated rings. The highest BCUT2D eigenvalue weighted by molar-refractivity contribution is 6.42. The number of hydrogen-bond donors (Lipinski definition) is 0. The highest BCUT2D eigenvalue weighted by Gasteiger charge is 2.67. The third-order valence-electron chi connectivity index (χ3n) is 10.7. The summed E-state index contributed by atoms with van der Waals surface area (Å²) in [5.74, 6) is 1.86. The number of carbonyl (C=O) groups excluding carboxylic acids is 2. The predicted octanol–water partition coefficient (Wildman–Crippen LogP) is 6.28. The summed E-state index contributed by atoms with van der Waals surface area (Å²) in [6.45, 7) is 3.33. The van der Waals surface area contributed by atoms with Crippen molar-refractivity contribution in [3.63, 3.8) is 0 Å². The maximum absolute atomic E-state index is 13.8. The third kappa shape index (κ3) is 5.08. The normalized spacial score (nSPS) is 26.1.